The lowest BCUT2D eigenvalue weighted by atomic mass is 10.2. The molecule has 2 N–H and O–H groups in total. The lowest BCUT2D eigenvalue weighted by molar-refractivity contribution is 0.0944. The summed E-state index contributed by atoms with van der Waals surface area (Å²) in [5, 5.41) is 6.26. The van der Waals surface area contributed by atoms with Crippen LogP contribution in [0.5, 0.6) is 0 Å². The fourth-order valence-electron chi connectivity index (χ4n) is 1.95. The number of amides is 1. The predicted octanol–water partition coefficient (Wildman–Crippen LogP) is 1.72. The number of carbonyl (C=O) groups is 1. The summed E-state index contributed by atoms with van der Waals surface area (Å²) in [6.45, 7) is 3.65. The molecule has 1 unspecified atom stereocenters. The monoisotopic (exact) mass is 291 g/mol. The molecule has 1 atom stereocenters. The van der Waals surface area contributed by atoms with E-state index in [0.717, 1.165) is 18.5 Å². The minimum absolute atomic E-state index is 0. The van der Waals surface area contributed by atoms with Crippen LogP contribution in [0.3, 0.4) is 0 Å². The van der Waals surface area contributed by atoms with Gasteiger partial charge in [-0.05, 0) is 37.9 Å². The molecule has 1 aliphatic rings. The van der Waals surface area contributed by atoms with Crippen LogP contribution in [-0.2, 0) is 0 Å². The Balaban J connectivity index is 0.00000144. The molecule has 1 saturated heterocycles. The van der Waals surface area contributed by atoms with Gasteiger partial charge in [0.15, 0.2) is 0 Å². The lowest BCUT2D eigenvalue weighted by Gasteiger charge is -2.11. The van der Waals surface area contributed by atoms with Gasteiger partial charge >= 0.3 is 0 Å². The molecular weight excluding hydrogens is 273 g/mol. The summed E-state index contributed by atoms with van der Waals surface area (Å²) < 4.78 is 0. The van der Waals surface area contributed by atoms with Gasteiger partial charge in [0, 0.05) is 18.8 Å². The van der Waals surface area contributed by atoms with Gasteiger partial charge in [0.1, 0.15) is 5.69 Å². The molecule has 18 heavy (non-hydrogen) atoms. The van der Waals surface area contributed by atoms with Crippen LogP contribution in [0, 0.1) is 6.92 Å². The van der Waals surface area contributed by atoms with E-state index in [0.29, 0.717) is 18.3 Å². The van der Waals surface area contributed by atoms with Crippen molar-refractivity contribution in [1.82, 2.24) is 15.6 Å². The van der Waals surface area contributed by atoms with E-state index in [2.05, 4.69) is 15.6 Å². The Bertz CT molecular complexity index is 381. The van der Waals surface area contributed by atoms with Crippen molar-refractivity contribution in [1.29, 1.82) is 0 Å². The molecule has 2 heterocycles. The largest absolute Gasteiger partial charge is 0.349 e. The molecule has 2 rings (SSSR count). The zero-order chi connectivity index (χ0) is 11.4. The van der Waals surface area contributed by atoms with Crippen molar-refractivity contribution in [2.45, 2.75) is 25.8 Å². The van der Waals surface area contributed by atoms with Gasteiger partial charge in [-0.25, -0.2) is 0 Å². The van der Waals surface area contributed by atoms with Crippen LogP contribution >= 0.6 is 24.8 Å². The van der Waals surface area contributed by atoms with Crippen molar-refractivity contribution in [3.63, 3.8) is 0 Å². The predicted molar refractivity (Wildman–Crippen MR) is 76.8 cm³/mol. The van der Waals surface area contributed by atoms with Gasteiger partial charge in [-0.3, -0.25) is 9.78 Å². The van der Waals surface area contributed by atoms with Crippen LogP contribution in [0.4, 0.5) is 0 Å². The molecule has 102 valence electrons. The average molecular weight is 292 g/mol. The Morgan fingerprint density at radius 2 is 2.33 bits per heavy atom. The Morgan fingerprint density at radius 1 is 1.56 bits per heavy atom. The third-order valence-electron chi connectivity index (χ3n) is 2.90. The first kappa shape index (κ1) is 17.2. The van der Waals surface area contributed by atoms with E-state index in [1.165, 1.54) is 6.42 Å². The fourth-order valence-corrected chi connectivity index (χ4v) is 1.95. The molecule has 1 fully saturated rings. The van der Waals surface area contributed by atoms with E-state index < -0.39 is 0 Å². The summed E-state index contributed by atoms with van der Waals surface area (Å²) >= 11 is 0. The van der Waals surface area contributed by atoms with Gasteiger partial charge in [-0.15, -0.1) is 24.8 Å². The Kier molecular flexibility index (Phi) is 7.91. The molecule has 0 saturated carbocycles. The Labute approximate surface area is 120 Å². The van der Waals surface area contributed by atoms with Gasteiger partial charge < -0.3 is 10.6 Å². The highest BCUT2D eigenvalue weighted by atomic mass is 35.5. The quantitative estimate of drug-likeness (QED) is 0.892. The second-order valence-electron chi connectivity index (χ2n) is 4.17. The van der Waals surface area contributed by atoms with Crippen molar-refractivity contribution >= 4 is 30.7 Å². The lowest BCUT2D eigenvalue weighted by Crippen LogP contribution is -2.37. The molecule has 0 bridgehead atoms. The highest BCUT2D eigenvalue weighted by Gasteiger charge is 2.16. The van der Waals surface area contributed by atoms with Crippen LogP contribution in [-0.4, -0.2) is 30.0 Å². The molecule has 1 amide bonds. The maximum Gasteiger partial charge on any atom is 0.270 e. The number of nitrogens with one attached hydrogen (secondary N) is 2. The van der Waals surface area contributed by atoms with E-state index in [9.17, 15) is 4.79 Å². The van der Waals surface area contributed by atoms with Crippen molar-refractivity contribution in [2.75, 3.05) is 13.1 Å². The minimum Gasteiger partial charge on any atom is -0.349 e. The Hall–Kier alpha value is -0.840. The van der Waals surface area contributed by atoms with E-state index >= 15 is 0 Å². The van der Waals surface area contributed by atoms with Crippen LogP contribution in [0.2, 0.25) is 0 Å². The number of rotatable bonds is 3. The van der Waals surface area contributed by atoms with E-state index in [1.54, 1.807) is 6.20 Å². The number of carbonyl (C=O) groups excluding carboxylic acids is 1. The first-order chi connectivity index (χ1) is 7.77. The van der Waals surface area contributed by atoms with Crippen molar-refractivity contribution in [3.8, 4) is 0 Å². The fraction of sp³-hybridized carbons (Fsp3) is 0.500. The van der Waals surface area contributed by atoms with Gasteiger partial charge in [-0.1, -0.05) is 6.07 Å². The second kappa shape index (κ2) is 8.29. The summed E-state index contributed by atoms with van der Waals surface area (Å²) in [4.78, 5) is 15.9. The molecule has 0 spiro atoms. The van der Waals surface area contributed by atoms with Gasteiger partial charge in [-0.2, -0.15) is 0 Å². The number of hydrogen-bond donors (Lipinski definition) is 2. The first-order valence-electron chi connectivity index (χ1n) is 5.70. The van der Waals surface area contributed by atoms with Crippen LogP contribution < -0.4 is 10.6 Å². The maximum atomic E-state index is 11.8. The topological polar surface area (TPSA) is 54.0 Å². The molecule has 0 radical (unpaired) electrons. The summed E-state index contributed by atoms with van der Waals surface area (Å²) in [5.41, 5.74) is 1.44. The minimum atomic E-state index is -0.0770. The summed E-state index contributed by atoms with van der Waals surface area (Å²) in [6, 6.07) is 4.16. The number of nitrogens with zero attached hydrogens (tertiary/aromatic N) is 1. The SMILES string of the molecule is Cc1cccnc1C(=O)NCC1CCCN1.Cl.Cl. The number of aromatic nitrogens is 1. The molecule has 6 heteroatoms. The van der Waals surface area contributed by atoms with E-state index in [1.807, 2.05) is 19.1 Å². The van der Waals surface area contributed by atoms with Gasteiger partial charge in [0.05, 0.1) is 0 Å². The molecule has 4 nitrogen and oxygen atoms in total. The van der Waals surface area contributed by atoms with Crippen molar-refractivity contribution in [2.24, 2.45) is 0 Å². The standard InChI is InChI=1S/C12H17N3O.2ClH/c1-9-4-2-7-14-11(9)12(16)15-8-10-5-3-6-13-10;;/h2,4,7,10,13H,3,5-6,8H2,1H3,(H,15,16);2*1H. The summed E-state index contributed by atoms with van der Waals surface area (Å²) in [7, 11) is 0. The normalized spacial score (nSPS) is 17.5. The number of aryl methyl sites for hydroxylation is 1. The summed E-state index contributed by atoms with van der Waals surface area (Å²) in [6.07, 6.45) is 3.99. The van der Waals surface area contributed by atoms with Crippen LogP contribution in [0.1, 0.15) is 28.9 Å². The highest BCUT2D eigenvalue weighted by Crippen LogP contribution is 2.05. The summed E-state index contributed by atoms with van der Waals surface area (Å²) in [5.74, 6) is -0.0770. The molecule has 1 aromatic rings. The Morgan fingerprint density at radius 3 is 2.94 bits per heavy atom. The molecule has 1 aromatic heterocycles. The zero-order valence-corrected chi connectivity index (χ0v) is 11.9. The number of pyridine rings is 1. The second-order valence-corrected chi connectivity index (χ2v) is 4.17. The zero-order valence-electron chi connectivity index (χ0n) is 10.3. The van der Waals surface area contributed by atoms with Crippen molar-refractivity contribution in [3.05, 3.63) is 29.6 Å². The van der Waals surface area contributed by atoms with Gasteiger partial charge in [0.25, 0.3) is 5.91 Å². The van der Waals surface area contributed by atoms with Crippen LogP contribution in [0.25, 0.3) is 0 Å². The van der Waals surface area contributed by atoms with E-state index in [-0.39, 0.29) is 30.7 Å². The average Bonchev–Trinajstić information content (AvgIpc) is 2.79. The molecule has 0 aromatic carbocycles. The molecule has 1 aliphatic heterocycles. The van der Waals surface area contributed by atoms with Crippen molar-refractivity contribution < 1.29 is 4.79 Å². The van der Waals surface area contributed by atoms with E-state index in [4.69, 9.17) is 0 Å². The third kappa shape index (κ3) is 4.44. The molecular formula is C12H19Cl2N3O. The number of hydrogen-bond acceptors (Lipinski definition) is 3. The molecule has 0 aliphatic carbocycles. The third-order valence-corrected chi connectivity index (χ3v) is 2.90. The first-order valence-corrected chi connectivity index (χ1v) is 5.70. The maximum absolute atomic E-state index is 11.8. The van der Waals surface area contributed by atoms with Gasteiger partial charge in [0.2, 0.25) is 0 Å². The van der Waals surface area contributed by atoms with Crippen LogP contribution in [0.15, 0.2) is 18.3 Å². The smallest absolute Gasteiger partial charge is 0.270 e. The highest BCUT2D eigenvalue weighted by molar-refractivity contribution is 5.93. The number of halogens is 2.